The van der Waals surface area contributed by atoms with Gasteiger partial charge in [0.15, 0.2) is 0 Å². The maximum absolute atomic E-state index is 3.24. The summed E-state index contributed by atoms with van der Waals surface area (Å²) in [7, 11) is 2.06. The van der Waals surface area contributed by atoms with E-state index in [1.165, 1.54) is 116 Å². The van der Waals surface area contributed by atoms with E-state index in [9.17, 15) is 0 Å². The van der Waals surface area contributed by atoms with E-state index in [0.717, 1.165) is 5.92 Å². The Morgan fingerprint density at radius 2 is 0.913 bits per heavy atom. The molecule has 0 bridgehead atoms. The van der Waals surface area contributed by atoms with Gasteiger partial charge in [-0.25, -0.2) is 0 Å². The second kappa shape index (κ2) is 20.0. The zero-order valence-electron chi connectivity index (χ0n) is 16.8. The van der Waals surface area contributed by atoms with Crippen LogP contribution in [0.4, 0.5) is 0 Å². The van der Waals surface area contributed by atoms with Crippen molar-refractivity contribution in [1.29, 1.82) is 0 Å². The van der Waals surface area contributed by atoms with Crippen molar-refractivity contribution < 1.29 is 0 Å². The molecule has 0 radical (unpaired) electrons. The third kappa shape index (κ3) is 18.1. The summed E-state index contributed by atoms with van der Waals surface area (Å²) in [4.78, 5) is 0. The Morgan fingerprint density at radius 3 is 1.35 bits per heavy atom. The molecule has 1 N–H and O–H groups in total. The van der Waals surface area contributed by atoms with Gasteiger partial charge in [0, 0.05) is 0 Å². The van der Waals surface area contributed by atoms with E-state index >= 15 is 0 Å². The van der Waals surface area contributed by atoms with Crippen LogP contribution in [-0.4, -0.2) is 13.6 Å². The molecule has 0 aromatic rings. The van der Waals surface area contributed by atoms with Gasteiger partial charge in [0.05, 0.1) is 0 Å². The summed E-state index contributed by atoms with van der Waals surface area (Å²) >= 11 is 0. The zero-order chi connectivity index (χ0) is 17.0. The highest BCUT2D eigenvalue weighted by Gasteiger charge is 2.08. The van der Waals surface area contributed by atoms with Gasteiger partial charge in [0.1, 0.15) is 0 Å². The predicted molar refractivity (Wildman–Crippen MR) is 107 cm³/mol. The highest BCUT2D eigenvalue weighted by molar-refractivity contribution is 4.62. The van der Waals surface area contributed by atoms with E-state index in [4.69, 9.17) is 0 Å². The van der Waals surface area contributed by atoms with Crippen LogP contribution in [0.15, 0.2) is 0 Å². The number of hydrogen-bond donors (Lipinski definition) is 1. The number of unbranched alkanes of at least 4 members (excludes halogenated alkanes) is 11. The molecular weight excluding hydrogens is 278 g/mol. The van der Waals surface area contributed by atoms with Crippen molar-refractivity contribution in [2.45, 2.75) is 123 Å². The minimum Gasteiger partial charge on any atom is -0.320 e. The first-order valence-electron chi connectivity index (χ1n) is 11.0. The fourth-order valence-electron chi connectivity index (χ4n) is 3.59. The summed E-state index contributed by atoms with van der Waals surface area (Å²) in [5.74, 6) is 1.04. The molecule has 0 aromatic carbocycles. The lowest BCUT2D eigenvalue weighted by molar-refractivity contribution is 0.367. The highest BCUT2D eigenvalue weighted by Crippen LogP contribution is 2.24. The van der Waals surface area contributed by atoms with Crippen molar-refractivity contribution in [1.82, 2.24) is 5.32 Å². The van der Waals surface area contributed by atoms with Crippen molar-refractivity contribution in [3.05, 3.63) is 0 Å². The molecule has 1 heteroatoms. The van der Waals surface area contributed by atoms with E-state index in [2.05, 4.69) is 26.2 Å². The second-order valence-electron chi connectivity index (χ2n) is 7.58. The molecule has 1 nitrogen and oxygen atoms in total. The van der Waals surface area contributed by atoms with E-state index in [1.807, 2.05) is 0 Å². The Labute approximate surface area is 148 Å². The first-order valence-corrected chi connectivity index (χ1v) is 11.0. The maximum atomic E-state index is 3.24. The fourth-order valence-corrected chi connectivity index (χ4v) is 3.59. The standard InChI is InChI=1S/C22H47N/c1-4-6-8-14-18-22(19-15-9-7-5-2)20-16-12-10-11-13-17-21-23-3/h22-23H,4-21H2,1-3H3. The summed E-state index contributed by atoms with van der Waals surface area (Å²) in [6.45, 7) is 5.83. The Balaban J connectivity index is 3.64. The third-order valence-corrected chi connectivity index (χ3v) is 5.22. The van der Waals surface area contributed by atoms with Crippen molar-refractivity contribution in [2.75, 3.05) is 13.6 Å². The van der Waals surface area contributed by atoms with Gasteiger partial charge >= 0.3 is 0 Å². The lowest BCUT2D eigenvalue weighted by Gasteiger charge is -2.17. The van der Waals surface area contributed by atoms with Gasteiger partial charge in [-0.1, -0.05) is 117 Å². The topological polar surface area (TPSA) is 12.0 Å². The Kier molecular flexibility index (Phi) is 20.0. The van der Waals surface area contributed by atoms with Gasteiger partial charge in [-0.15, -0.1) is 0 Å². The fraction of sp³-hybridized carbons (Fsp3) is 1.00. The average Bonchev–Trinajstić information content (AvgIpc) is 2.57. The summed E-state index contributed by atoms with van der Waals surface area (Å²) in [6.07, 6.45) is 24.7. The molecule has 0 rings (SSSR count). The molecule has 140 valence electrons. The van der Waals surface area contributed by atoms with E-state index in [0.29, 0.717) is 0 Å². The molecule has 0 saturated heterocycles. The van der Waals surface area contributed by atoms with E-state index in [-0.39, 0.29) is 0 Å². The molecule has 0 aliphatic carbocycles. The quantitative estimate of drug-likeness (QED) is 0.242. The van der Waals surface area contributed by atoms with Crippen LogP contribution in [0.25, 0.3) is 0 Å². The smallest absolute Gasteiger partial charge is 0.00519 e. The summed E-state index contributed by atoms with van der Waals surface area (Å²) in [5, 5.41) is 3.24. The number of rotatable bonds is 19. The van der Waals surface area contributed by atoms with Gasteiger partial charge in [0.2, 0.25) is 0 Å². The van der Waals surface area contributed by atoms with Crippen LogP contribution in [0.5, 0.6) is 0 Å². The molecule has 0 aliphatic rings. The van der Waals surface area contributed by atoms with Crippen LogP contribution in [0.2, 0.25) is 0 Å². The minimum absolute atomic E-state index is 1.04. The lowest BCUT2D eigenvalue weighted by atomic mass is 9.89. The first kappa shape index (κ1) is 23.0. The Morgan fingerprint density at radius 1 is 0.522 bits per heavy atom. The van der Waals surface area contributed by atoms with Crippen molar-refractivity contribution in [3.63, 3.8) is 0 Å². The second-order valence-corrected chi connectivity index (χ2v) is 7.58. The normalized spacial score (nSPS) is 11.5. The van der Waals surface area contributed by atoms with Crippen LogP contribution in [0, 0.1) is 5.92 Å². The first-order chi connectivity index (χ1) is 11.3. The molecule has 0 saturated carbocycles. The zero-order valence-corrected chi connectivity index (χ0v) is 16.8. The van der Waals surface area contributed by atoms with Crippen molar-refractivity contribution >= 4 is 0 Å². The monoisotopic (exact) mass is 325 g/mol. The molecule has 0 aromatic heterocycles. The van der Waals surface area contributed by atoms with Gasteiger partial charge in [-0.05, 0) is 25.9 Å². The molecule has 0 heterocycles. The van der Waals surface area contributed by atoms with Crippen LogP contribution in [0.3, 0.4) is 0 Å². The van der Waals surface area contributed by atoms with Gasteiger partial charge in [-0.3, -0.25) is 0 Å². The van der Waals surface area contributed by atoms with Crippen LogP contribution >= 0.6 is 0 Å². The number of hydrogen-bond acceptors (Lipinski definition) is 1. The maximum Gasteiger partial charge on any atom is -0.00519 e. The molecule has 0 atom stereocenters. The molecule has 23 heavy (non-hydrogen) atoms. The third-order valence-electron chi connectivity index (χ3n) is 5.22. The predicted octanol–water partition coefficient (Wildman–Crippen LogP) is 7.49. The van der Waals surface area contributed by atoms with Crippen LogP contribution in [0.1, 0.15) is 123 Å². The van der Waals surface area contributed by atoms with E-state index < -0.39 is 0 Å². The molecule has 0 amide bonds. The lowest BCUT2D eigenvalue weighted by Crippen LogP contribution is -2.06. The largest absolute Gasteiger partial charge is 0.320 e. The molecule has 0 fully saturated rings. The highest BCUT2D eigenvalue weighted by atomic mass is 14.8. The van der Waals surface area contributed by atoms with Crippen LogP contribution < -0.4 is 5.32 Å². The summed E-state index contributed by atoms with van der Waals surface area (Å²) in [6, 6.07) is 0. The Hall–Kier alpha value is -0.0400. The molecule has 0 spiro atoms. The summed E-state index contributed by atoms with van der Waals surface area (Å²) in [5.41, 5.74) is 0. The van der Waals surface area contributed by atoms with Gasteiger partial charge in [-0.2, -0.15) is 0 Å². The minimum atomic E-state index is 1.04. The Bertz CT molecular complexity index is 190. The van der Waals surface area contributed by atoms with Gasteiger partial charge < -0.3 is 5.32 Å². The molecule has 0 unspecified atom stereocenters. The summed E-state index contributed by atoms with van der Waals surface area (Å²) < 4.78 is 0. The molecular formula is C22H47N. The van der Waals surface area contributed by atoms with Crippen molar-refractivity contribution in [3.8, 4) is 0 Å². The molecule has 0 aliphatic heterocycles. The van der Waals surface area contributed by atoms with Crippen LogP contribution in [-0.2, 0) is 0 Å². The van der Waals surface area contributed by atoms with Crippen molar-refractivity contribution in [2.24, 2.45) is 5.92 Å². The van der Waals surface area contributed by atoms with E-state index in [1.54, 1.807) is 0 Å². The number of nitrogens with one attached hydrogen (secondary N) is 1. The average molecular weight is 326 g/mol. The van der Waals surface area contributed by atoms with Gasteiger partial charge in [0.25, 0.3) is 0 Å². The SMILES string of the molecule is CCCCCCC(CCCCCC)CCCCCCCCNC.